The van der Waals surface area contributed by atoms with Crippen LogP contribution in [0.2, 0.25) is 0 Å². The number of aryl methyl sites for hydroxylation is 2. The maximum atomic E-state index is 2.38. The lowest BCUT2D eigenvalue weighted by molar-refractivity contribution is 1.15. The average Bonchev–Trinajstić information content (AvgIpc) is 3.55. The minimum atomic E-state index is 1.07. The Morgan fingerprint density at radius 2 is 0.775 bits per heavy atom. The molecule has 2 heterocycles. The zero-order valence-corrected chi connectivity index (χ0v) is 24.3. The van der Waals surface area contributed by atoms with Crippen molar-refractivity contribution in [2.45, 2.75) is 26.7 Å². The molecule has 0 atom stereocenters. The maximum Gasteiger partial charge on any atom is 0.0542 e. The number of fused-ring (bicyclic) bond motifs is 7. The third-order valence-corrected chi connectivity index (χ3v) is 10.9. The van der Waals surface area contributed by atoms with Crippen molar-refractivity contribution in [2.24, 2.45) is 0 Å². The second kappa shape index (κ2) is 9.30. The lowest BCUT2D eigenvalue weighted by Crippen LogP contribution is -1.82. The van der Waals surface area contributed by atoms with E-state index in [0.29, 0.717) is 0 Å². The summed E-state index contributed by atoms with van der Waals surface area (Å²) in [7, 11) is 0. The fraction of sp³-hybridized carbons (Fsp3) is 0.105. The van der Waals surface area contributed by atoms with E-state index in [0.717, 1.165) is 12.8 Å². The van der Waals surface area contributed by atoms with Gasteiger partial charge in [-0.05, 0) is 92.0 Å². The van der Waals surface area contributed by atoms with E-state index >= 15 is 0 Å². The highest BCUT2D eigenvalue weighted by atomic mass is 32.1. The molecule has 0 fully saturated rings. The summed E-state index contributed by atoms with van der Waals surface area (Å²) in [6.45, 7) is 4.43. The number of hydrogen-bond acceptors (Lipinski definition) is 2. The molecule has 2 aromatic heterocycles. The van der Waals surface area contributed by atoms with E-state index in [1.165, 1.54) is 84.5 Å². The first-order chi connectivity index (χ1) is 19.7. The Balaban J connectivity index is 1.18. The molecule has 0 aliphatic heterocycles. The van der Waals surface area contributed by atoms with Gasteiger partial charge in [0.2, 0.25) is 0 Å². The first-order valence-electron chi connectivity index (χ1n) is 14.1. The average molecular weight is 549 g/mol. The molecular weight excluding hydrogens is 521 g/mol. The third-order valence-electron chi connectivity index (χ3n) is 8.38. The molecule has 0 aliphatic rings. The number of thiophene rings is 2. The Labute approximate surface area is 242 Å². The van der Waals surface area contributed by atoms with Gasteiger partial charge in [-0.3, -0.25) is 0 Å². The second-order valence-electron chi connectivity index (χ2n) is 10.8. The van der Waals surface area contributed by atoms with Crippen molar-refractivity contribution in [3.05, 3.63) is 120 Å². The molecule has 8 aromatic rings. The van der Waals surface area contributed by atoms with E-state index in [-0.39, 0.29) is 0 Å². The summed E-state index contributed by atoms with van der Waals surface area (Å²) in [4.78, 5) is 0. The molecule has 0 saturated heterocycles. The van der Waals surface area contributed by atoms with E-state index in [9.17, 15) is 0 Å². The van der Waals surface area contributed by atoms with Gasteiger partial charge >= 0.3 is 0 Å². The summed E-state index contributed by atoms with van der Waals surface area (Å²) in [5.41, 5.74) is 7.93. The summed E-state index contributed by atoms with van der Waals surface area (Å²) in [6, 6.07) is 41.4. The van der Waals surface area contributed by atoms with Crippen LogP contribution in [0.1, 0.15) is 25.0 Å². The highest BCUT2D eigenvalue weighted by Gasteiger charge is 2.14. The van der Waals surface area contributed by atoms with Gasteiger partial charge in [-0.15, -0.1) is 22.7 Å². The smallest absolute Gasteiger partial charge is 0.0542 e. The van der Waals surface area contributed by atoms with E-state index < -0.39 is 0 Å². The summed E-state index contributed by atoms with van der Waals surface area (Å²) in [6.07, 6.45) is 2.15. The summed E-state index contributed by atoms with van der Waals surface area (Å²) >= 11 is 3.87. The van der Waals surface area contributed by atoms with Crippen molar-refractivity contribution in [3.8, 4) is 22.3 Å². The van der Waals surface area contributed by atoms with Crippen LogP contribution in [0.15, 0.2) is 109 Å². The Morgan fingerprint density at radius 3 is 1.23 bits per heavy atom. The van der Waals surface area contributed by atoms with Gasteiger partial charge < -0.3 is 0 Å². The van der Waals surface area contributed by atoms with E-state index in [1.807, 2.05) is 22.7 Å². The maximum absolute atomic E-state index is 2.38. The standard InChI is InChI=1S/C38H28S2/c1-3-23-5-7-27-19-29(11-9-25(27)17-23)31-13-15-33-35(21-31)39-38-34-16-14-32(22-36(34)40-37(33)38)30-12-10-26-18-24(4-2)6-8-28(26)20-30/h5-22H,3-4H2,1-2H3. The van der Waals surface area contributed by atoms with Crippen molar-refractivity contribution in [3.63, 3.8) is 0 Å². The molecule has 0 saturated carbocycles. The molecule has 0 radical (unpaired) electrons. The second-order valence-corrected chi connectivity index (χ2v) is 12.9. The molecule has 0 unspecified atom stereocenters. The van der Waals surface area contributed by atoms with Gasteiger partial charge in [-0.1, -0.05) is 98.8 Å². The van der Waals surface area contributed by atoms with Gasteiger partial charge in [0.05, 0.1) is 9.40 Å². The van der Waals surface area contributed by atoms with E-state index in [2.05, 4.69) is 123 Å². The van der Waals surface area contributed by atoms with E-state index in [4.69, 9.17) is 0 Å². The third kappa shape index (κ3) is 3.86. The van der Waals surface area contributed by atoms with Crippen LogP contribution in [0.4, 0.5) is 0 Å². The molecule has 192 valence electrons. The first kappa shape index (κ1) is 23.9. The highest BCUT2D eigenvalue weighted by Crippen LogP contribution is 2.46. The van der Waals surface area contributed by atoms with E-state index in [1.54, 1.807) is 0 Å². The number of rotatable bonds is 4. The number of benzene rings is 6. The quantitative estimate of drug-likeness (QED) is 0.205. The summed E-state index contributed by atoms with van der Waals surface area (Å²) in [5, 5.41) is 8.00. The van der Waals surface area contributed by atoms with Crippen molar-refractivity contribution >= 4 is 73.8 Å². The molecule has 40 heavy (non-hydrogen) atoms. The van der Waals surface area contributed by atoms with Gasteiger partial charge in [0.15, 0.2) is 0 Å². The Kier molecular flexibility index (Phi) is 5.55. The monoisotopic (exact) mass is 548 g/mol. The van der Waals surface area contributed by atoms with Crippen molar-refractivity contribution in [2.75, 3.05) is 0 Å². The normalized spacial score (nSPS) is 11.9. The molecule has 2 heteroatoms. The fourth-order valence-corrected chi connectivity index (χ4v) is 8.74. The van der Waals surface area contributed by atoms with Crippen LogP contribution < -0.4 is 0 Å². The SMILES string of the molecule is CCc1ccc2cc(-c3ccc4c(c3)sc3c5ccc(-c6ccc7cc(CC)ccc7c6)cc5sc43)ccc2c1. The van der Waals surface area contributed by atoms with Crippen LogP contribution in [-0.4, -0.2) is 0 Å². The Bertz CT molecular complexity index is 2080. The molecule has 8 rings (SSSR count). The van der Waals surface area contributed by atoms with Crippen molar-refractivity contribution in [1.29, 1.82) is 0 Å². The zero-order chi connectivity index (χ0) is 26.8. The molecule has 0 nitrogen and oxygen atoms in total. The molecule has 0 amide bonds. The first-order valence-corrected chi connectivity index (χ1v) is 15.7. The predicted molar refractivity (Wildman–Crippen MR) is 179 cm³/mol. The molecule has 0 spiro atoms. The summed E-state index contributed by atoms with van der Waals surface area (Å²) in [5.74, 6) is 0. The lowest BCUT2D eigenvalue weighted by atomic mass is 9.99. The highest BCUT2D eigenvalue weighted by molar-refractivity contribution is 7.36. The van der Waals surface area contributed by atoms with Gasteiger partial charge in [0.1, 0.15) is 0 Å². The van der Waals surface area contributed by atoms with Crippen LogP contribution in [0, 0.1) is 0 Å². The number of hydrogen-bond donors (Lipinski definition) is 0. The fourth-order valence-electron chi connectivity index (χ4n) is 6.00. The van der Waals surface area contributed by atoms with Crippen LogP contribution in [0.3, 0.4) is 0 Å². The van der Waals surface area contributed by atoms with Crippen molar-refractivity contribution < 1.29 is 0 Å². The van der Waals surface area contributed by atoms with Crippen LogP contribution in [0.5, 0.6) is 0 Å². The minimum absolute atomic E-state index is 1.07. The zero-order valence-electron chi connectivity index (χ0n) is 22.6. The topological polar surface area (TPSA) is 0 Å². The van der Waals surface area contributed by atoms with Crippen molar-refractivity contribution in [1.82, 2.24) is 0 Å². The van der Waals surface area contributed by atoms with Gasteiger partial charge in [0, 0.05) is 20.2 Å². The summed E-state index contributed by atoms with van der Waals surface area (Å²) < 4.78 is 5.56. The minimum Gasteiger partial charge on any atom is -0.134 e. The van der Waals surface area contributed by atoms with Gasteiger partial charge in [0.25, 0.3) is 0 Å². The van der Waals surface area contributed by atoms with Crippen LogP contribution in [0.25, 0.3) is 73.4 Å². The molecule has 0 N–H and O–H groups in total. The van der Waals surface area contributed by atoms with Gasteiger partial charge in [-0.2, -0.15) is 0 Å². The van der Waals surface area contributed by atoms with Crippen LogP contribution in [-0.2, 0) is 12.8 Å². The molecule has 0 aliphatic carbocycles. The Hall–Kier alpha value is -3.98. The largest absolute Gasteiger partial charge is 0.134 e. The van der Waals surface area contributed by atoms with Crippen LogP contribution >= 0.6 is 22.7 Å². The molecular formula is C38H28S2. The molecule has 0 bridgehead atoms. The molecule has 6 aromatic carbocycles. The van der Waals surface area contributed by atoms with Gasteiger partial charge in [-0.25, -0.2) is 0 Å². The predicted octanol–water partition coefficient (Wildman–Crippen LogP) is 12.0. The Morgan fingerprint density at radius 1 is 0.400 bits per heavy atom. The lowest BCUT2D eigenvalue weighted by Gasteiger charge is -2.06.